The summed E-state index contributed by atoms with van der Waals surface area (Å²) < 4.78 is 33.2. The SMILES string of the molecule is Cc1nn(C)c(C)c1N[S+](=O)(O)c1ccc(NCc2ccc(N3CCOCC3)cc2)nc1. The first-order valence-corrected chi connectivity index (χ1v) is 12.0. The lowest BCUT2D eigenvalue weighted by Gasteiger charge is -2.28. The molecule has 1 unspecified atom stereocenters. The molecule has 0 aliphatic carbocycles. The van der Waals surface area contributed by atoms with Crippen molar-refractivity contribution in [1.82, 2.24) is 14.8 Å². The standard InChI is InChI=1S/C22H28N6O3S/c1-16-22(17(2)27(3)25-16)26-32(29,30)20-8-9-21(24-15-20)23-14-18-4-6-19(7-5-18)28-10-12-31-13-11-28/h4-9,15H,10-14H2,1-3H3,(H2-,23,24,26,29,30)/p+1. The maximum Gasteiger partial charge on any atom is 0.347 e. The Hall–Kier alpha value is -2.95. The van der Waals surface area contributed by atoms with Crippen molar-refractivity contribution in [2.24, 2.45) is 7.05 Å². The number of benzene rings is 1. The molecular formula is C22H29N6O3S+. The first-order valence-electron chi connectivity index (χ1n) is 10.5. The molecule has 1 saturated heterocycles. The van der Waals surface area contributed by atoms with Crippen molar-refractivity contribution in [2.45, 2.75) is 25.3 Å². The molecule has 1 aliphatic heterocycles. The van der Waals surface area contributed by atoms with E-state index in [-0.39, 0.29) is 4.90 Å². The molecule has 3 heterocycles. The molecule has 0 amide bonds. The quantitative estimate of drug-likeness (QED) is 0.468. The van der Waals surface area contributed by atoms with Gasteiger partial charge in [0, 0.05) is 38.4 Å². The van der Waals surface area contributed by atoms with Crippen molar-refractivity contribution in [3.05, 3.63) is 59.5 Å². The van der Waals surface area contributed by atoms with Crippen LogP contribution in [0.5, 0.6) is 0 Å². The Morgan fingerprint density at radius 3 is 2.44 bits per heavy atom. The summed E-state index contributed by atoms with van der Waals surface area (Å²) in [6, 6.07) is 11.7. The van der Waals surface area contributed by atoms with Gasteiger partial charge in [-0.05, 0) is 41.8 Å². The van der Waals surface area contributed by atoms with Gasteiger partial charge in [0.05, 0.1) is 30.8 Å². The largest absolute Gasteiger partial charge is 0.378 e. The molecule has 9 nitrogen and oxygen atoms in total. The van der Waals surface area contributed by atoms with Gasteiger partial charge in [0.25, 0.3) is 0 Å². The number of nitrogens with zero attached hydrogens (tertiary/aromatic N) is 4. The van der Waals surface area contributed by atoms with Crippen molar-refractivity contribution in [3.8, 4) is 0 Å². The molecule has 0 spiro atoms. The molecule has 3 aromatic rings. The van der Waals surface area contributed by atoms with E-state index in [2.05, 4.69) is 49.3 Å². The van der Waals surface area contributed by atoms with Crippen LogP contribution in [0.25, 0.3) is 0 Å². The highest BCUT2D eigenvalue weighted by molar-refractivity contribution is 7.99. The van der Waals surface area contributed by atoms with E-state index in [4.69, 9.17) is 4.74 Å². The summed E-state index contributed by atoms with van der Waals surface area (Å²) in [5.41, 5.74) is 4.34. The molecule has 0 radical (unpaired) electrons. The predicted octanol–water partition coefficient (Wildman–Crippen LogP) is 3.24. The Bertz CT molecular complexity index is 1110. The summed E-state index contributed by atoms with van der Waals surface area (Å²) in [4.78, 5) is 6.83. The van der Waals surface area contributed by atoms with Crippen LogP contribution in [-0.2, 0) is 32.9 Å². The number of morpholine rings is 1. The Balaban J connectivity index is 1.36. The third-order valence-corrected chi connectivity index (χ3v) is 6.95. The maximum atomic E-state index is 12.9. The molecule has 3 N–H and O–H groups in total. The maximum absolute atomic E-state index is 12.9. The third-order valence-electron chi connectivity index (χ3n) is 5.59. The van der Waals surface area contributed by atoms with Gasteiger partial charge in [-0.1, -0.05) is 12.1 Å². The van der Waals surface area contributed by atoms with E-state index in [1.54, 1.807) is 30.8 Å². The smallest absolute Gasteiger partial charge is 0.347 e. The lowest BCUT2D eigenvalue weighted by Crippen LogP contribution is -2.36. The van der Waals surface area contributed by atoms with E-state index < -0.39 is 10.4 Å². The topological polar surface area (TPSA) is 105 Å². The van der Waals surface area contributed by atoms with Crippen molar-refractivity contribution in [2.75, 3.05) is 41.2 Å². The average Bonchev–Trinajstić information content (AvgIpc) is 3.04. The summed E-state index contributed by atoms with van der Waals surface area (Å²) >= 11 is 0. The summed E-state index contributed by atoms with van der Waals surface area (Å²) in [5, 5.41) is 7.53. The van der Waals surface area contributed by atoms with Gasteiger partial charge in [-0.25, -0.2) is 4.98 Å². The van der Waals surface area contributed by atoms with E-state index >= 15 is 0 Å². The number of ether oxygens (including phenoxy) is 1. The predicted molar refractivity (Wildman–Crippen MR) is 126 cm³/mol. The van der Waals surface area contributed by atoms with Gasteiger partial charge in [-0.15, -0.1) is 0 Å². The minimum absolute atomic E-state index is 0.209. The van der Waals surface area contributed by atoms with Crippen LogP contribution in [0, 0.1) is 13.8 Å². The molecular weight excluding hydrogens is 428 g/mol. The number of hydrogen-bond donors (Lipinski definition) is 3. The molecule has 1 atom stereocenters. The molecule has 1 fully saturated rings. The van der Waals surface area contributed by atoms with Gasteiger partial charge in [0.15, 0.2) is 0 Å². The zero-order valence-corrected chi connectivity index (χ0v) is 19.4. The first kappa shape index (κ1) is 22.3. The highest BCUT2D eigenvalue weighted by Crippen LogP contribution is 2.25. The van der Waals surface area contributed by atoms with Gasteiger partial charge in [-0.3, -0.25) is 4.68 Å². The zero-order chi connectivity index (χ0) is 22.7. The second-order valence-corrected chi connectivity index (χ2v) is 9.52. The van der Waals surface area contributed by atoms with Crippen molar-refractivity contribution < 1.29 is 13.5 Å². The lowest BCUT2D eigenvalue weighted by atomic mass is 10.2. The van der Waals surface area contributed by atoms with Crippen LogP contribution in [-0.4, -0.2) is 45.6 Å². The third kappa shape index (κ3) is 4.93. The van der Waals surface area contributed by atoms with Crippen molar-refractivity contribution in [3.63, 3.8) is 0 Å². The summed E-state index contributed by atoms with van der Waals surface area (Å²) in [7, 11) is -1.71. The second-order valence-electron chi connectivity index (χ2n) is 7.80. The van der Waals surface area contributed by atoms with Crippen LogP contribution in [0.2, 0.25) is 0 Å². The van der Waals surface area contributed by atoms with E-state index in [0.29, 0.717) is 23.7 Å². The van der Waals surface area contributed by atoms with Gasteiger partial charge in [0.1, 0.15) is 11.5 Å². The van der Waals surface area contributed by atoms with E-state index in [0.717, 1.165) is 37.6 Å². The monoisotopic (exact) mass is 457 g/mol. The van der Waals surface area contributed by atoms with Crippen LogP contribution < -0.4 is 14.9 Å². The molecule has 170 valence electrons. The Morgan fingerprint density at radius 2 is 1.84 bits per heavy atom. The van der Waals surface area contributed by atoms with Crippen LogP contribution in [0.4, 0.5) is 17.2 Å². The molecule has 4 rings (SSSR count). The van der Waals surface area contributed by atoms with Crippen LogP contribution in [0.1, 0.15) is 17.0 Å². The molecule has 1 aromatic carbocycles. The molecule has 1 aliphatic rings. The van der Waals surface area contributed by atoms with Crippen LogP contribution >= 0.6 is 0 Å². The van der Waals surface area contributed by atoms with Gasteiger partial charge in [-0.2, -0.15) is 14.4 Å². The van der Waals surface area contributed by atoms with E-state index in [9.17, 15) is 8.76 Å². The minimum atomic E-state index is -3.50. The van der Waals surface area contributed by atoms with Crippen LogP contribution in [0.15, 0.2) is 47.5 Å². The lowest BCUT2D eigenvalue weighted by molar-refractivity contribution is 0.122. The molecule has 10 heteroatoms. The highest BCUT2D eigenvalue weighted by Gasteiger charge is 2.32. The normalized spacial score (nSPS) is 15.9. The summed E-state index contributed by atoms with van der Waals surface area (Å²) in [6.45, 7) is 7.61. The Kier molecular flexibility index (Phi) is 6.45. The fourth-order valence-corrected chi connectivity index (χ4v) is 4.74. The summed E-state index contributed by atoms with van der Waals surface area (Å²) in [5.74, 6) is 0.634. The molecule has 0 bridgehead atoms. The second kappa shape index (κ2) is 9.27. The highest BCUT2D eigenvalue weighted by atomic mass is 32.3. The number of aromatic nitrogens is 3. The minimum Gasteiger partial charge on any atom is -0.378 e. The molecule has 0 saturated carbocycles. The number of hydrogen-bond acceptors (Lipinski definition) is 6. The van der Waals surface area contributed by atoms with E-state index in [1.165, 1.54) is 11.9 Å². The summed E-state index contributed by atoms with van der Waals surface area (Å²) in [6.07, 6.45) is 1.42. The Labute approximate surface area is 189 Å². The van der Waals surface area contributed by atoms with Crippen LogP contribution in [0.3, 0.4) is 0 Å². The number of rotatable bonds is 7. The van der Waals surface area contributed by atoms with Gasteiger partial charge < -0.3 is 15.0 Å². The van der Waals surface area contributed by atoms with E-state index in [1.807, 2.05) is 6.92 Å². The van der Waals surface area contributed by atoms with Crippen molar-refractivity contribution >= 4 is 27.6 Å². The Morgan fingerprint density at radius 1 is 1.12 bits per heavy atom. The number of aryl methyl sites for hydroxylation is 2. The molecule has 32 heavy (non-hydrogen) atoms. The zero-order valence-electron chi connectivity index (χ0n) is 18.5. The van der Waals surface area contributed by atoms with Gasteiger partial charge in [0.2, 0.25) is 4.90 Å². The number of pyridine rings is 1. The number of nitrogens with one attached hydrogen (secondary N) is 2. The number of anilines is 3. The van der Waals surface area contributed by atoms with Crippen molar-refractivity contribution in [1.29, 1.82) is 0 Å². The fraction of sp³-hybridized carbons (Fsp3) is 0.364. The first-order chi connectivity index (χ1) is 15.3. The van der Waals surface area contributed by atoms with Gasteiger partial charge >= 0.3 is 10.4 Å². The molecule has 2 aromatic heterocycles. The fourth-order valence-electron chi connectivity index (χ4n) is 3.61. The average molecular weight is 458 g/mol.